The zero-order valence-electron chi connectivity index (χ0n) is 17.6. The Balaban J connectivity index is 2.00. The fourth-order valence-electron chi connectivity index (χ4n) is 3.33. The van der Waals surface area contributed by atoms with Crippen molar-refractivity contribution in [1.29, 1.82) is 0 Å². The van der Waals surface area contributed by atoms with Crippen LogP contribution in [0.25, 0.3) is 5.78 Å². The molecule has 0 aliphatic heterocycles. The van der Waals surface area contributed by atoms with Gasteiger partial charge in [-0.1, -0.05) is 11.8 Å². The number of carbonyl (C=O) groups excluding carboxylic acids is 2. The number of ether oxygens (including phenoxy) is 1. The van der Waals surface area contributed by atoms with Gasteiger partial charge in [-0.2, -0.15) is 4.98 Å². The first kappa shape index (κ1) is 22.1. The van der Waals surface area contributed by atoms with Crippen molar-refractivity contribution in [3.63, 3.8) is 0 Å². The van der Waals surface area contributed by atoms with Crippen molar-refractivity contribution in [2.45, 2.75) is 71.6 Å². The largest absolute Gasteiger partial charge is 0.456 e. The SMILES string of the molecule is CSc1nc2nc(C)c(CCC(=O)OCC(=O)N(C(C)C)C(C)C)c(C)n2n1. The summed E-state index contributed by atoms with van der Waals surface area (Å²) in [5.74, 6) is -0.0251. The summed E-state index contributed by atoms with van der Waals surface area (Å²) < 4.78 is 6.91. The van der Waals surface area contributed by atoms with Crippen LogP contribution in [0.3, 0.4) is 0 Å². The van der Waals surface area contributed by atoms with E-state index in [0.717, 1.165) is 17.0 Å². The van der Waals surface area contributed by atoms with Gasteiger partial charge < -0.3 is 9.64 Å². The van der Waals surface area contributed by atoms with Crippen LogP contribution in [-0.2, 0) is 20.7 Å². The van der Waals surface area contributed by atoms with E-state index in [1.54, 1.807) is 9.42 Å². The summed E-state index contributed by atoms with van der Waals surface area (Å²) in [5.41, 5.74) is 2.67. The van der Waals surface area contributed by atoms with Gasteiger partial charge in [-0.15, -0.1) is 5.10 Å². The van der Waals surface area contributed by atoms with E-state index in [4.69, 9.17) is 4.74 Å². The Bertz CT molecular complexity index is 855. The minimum atomic E-state index is -0.400. The second kappa shape index (κ2) is 9.36. The van der Waals surface area contributed by atoms with Crippen LogP contribution in [-0.4, -0.2) is 61.3 Å². The van der Waals surface area contributed by atoms with Crippen LogP contribution < -0.4 is 0 Å². The molecule has 0 aromatic carbocycles. The van der Waals surface area contributed by atoms with Crippen molar-refractivity contribution in [3.05, 3.63) is 17.0 Å². The first-order valence-corrected chi connectivity index (χ1v) is 10.6. The maximum atomic E-state index is 12.3. The Morgan fingerprint density at radius 1 is 1.14 bits per heavy atom. The normalized spacial score (nSPS) is 11.5. The monoisotopic (exact) mass is 407 g/mol. The molecule has 8 nitrogen and oxygen atoms in total. The number of aromatic nitrogens is 4. The average Bonchev–Trinajstić information content (AvgIpc) is 3.02. The zero-order valence-corrected chi connectivity index (χ0v) is 18.5. The molecule has 0 fully saturated rings. The third-order valence-electron chi connectivity index (χ3n) is 4.55. The molecular formula is C19H29N5O3S. The number of esters is 1. The summed E-state index contributed by atoms with van der Waals surface area (Å²) in [5, 5.41) is 5.07. The van der Waals surface area contributed by atoms with Crippen LogP contribution in [0.5, 0.6) is 0 Å². The molecule has 154 valence electrons. The van der Waals surface area contributed by atoms with Crippen LogP contribution in [0.1, 0.15) is 51.1 Å². The molecule has 0 bridgehead atoms. The van der Waals surface area contributed by atoms with Crippen molar-refractivity contribution in [2.75, 3.05) is 12.9 Å². The van der Waals surface area contributed by atoms with Crippen LogP contribution in [0.4, 0.5) is 0 Å². The maximum Gasteiger partial charge on any atom is 0.306 e. The third kappa shape index (κ3) is 5.01. The number of carbonyl (C=O) groups is 2. The summed E-state index contributed by atoms with van der Waals surface area (Å²) >= 11 is 1.46. The summed E-state index contributed by atoms with van der Waals surface area (Å²) in [7, 11) is 0. The van der Waals surface area contributed by atoms with Gasteiger partial charge in [0.05, 0.1) is 0 Å². The summed E-state index contributed by atoms with van der Waals surface area (Å²) in [6.45, 7) is 11.4. The van der Waals surface area contributed by atoms with E-state index in [0.29, 0.717) is 17.4 Å². The fourth-order valence-corrected chi connectivity index (χ4v) is 3.66. The van der Waals surface area contributed by atoms with Gasteiger partial charge in [0.15, 0.2) is 6.61 Å². The molecular weight excluding hydrogens is 378 g/mol. The lowest BCUT2D eigenvalue weighted by Gasteiger charge is -2.30. The number of hydrogen-bond donors (Lipinski definition) is 0. The minimum absolute atomic E-state index is 0.0585. The van der Waals surface area contributed by atoms with Gasteiger partial charge in [0.1, 0.15) is 0 Å². The van der Waals surface area contributed by atoms with Gasteiger partial charge in [0, 0.05) is 29.9 Å². The first-order chi connectivity index (χ1) is 13.1. The summed E-state index contributed by atoms with van der Waals surface area (Å²) in [4.78, 5) is 35.0. The van der Waals surface area contributed by atoms with Gasteiger partial charge in [-0.05, 0) is 59.8 Å². The number of fused-ring (bicyclic) bond motifs is 1. The average molecular weight is 408 g/mol. The van der Waals surface area contributed by atoms with Crippen molar-refractivity contribution in [2.24, 2.45) is 0 Å². The molecule has 0 saturated heterocycles. The van der Waals surface area contributed by atoms with Crippen molar-refractivity contribution in [3.8, 4) is 0 Å². The van der Waals surface area contributed by atoms with Crippen LogP contribution >= 0.6 is 11.8 Å². The van der Waals surface area contributed by atoms with E-state index in [2.05, 4.69) is 15.1 Å². The number of hydrogen-bond acceptors (Lipinski definition) is 7. The van der Waals surface area contributed by atoms with E-state index in [-0.39, 0.29) is 31.0 Å². The molecule has 9 heteroatoms. The van der Waals surface area contributed by atoms with Gasteiger partial charge >= 0.3 is 5.97 Å². The second-order valence-corrected chi connectivity index (χ2v) is 7.99. The Hall–Kier alpha value is -2.16. The number of amides is 1. The van der Waals surface area contributed by atoms with Crippen LogP contribution in [0, 0.1) is 13.8 Å². The topological polar surface area (TPSA) is 89.7 Å². The summed E-state index contributed by atoms with van der Waals surface area (Å²) in [6.07, 6.45) is 2.56. The van der Waals surface area contributed by atoms with Gasteiger partial charge in [0.2, 0.25) is 5.16 Å². The molecule has 0 aliphatic rings. The lowest BCUT2D eigenvalue weighted by molar-refractivity contribution is -0.153. The highest BCUT2D eigenvalue weighted by atomic mass is 32.2. The Labute approximate surface area is 170 Å². The smallest absolute Gasteiger partial charge is 0.306 e. The standard InChI is InChI=1S/C19H29N5O3S/c1-11(2)23(12(3)4)16(25)10-27-17(26)9-8-15-13(5)20-18-21-19(28-7)22-24(18)14(15)6/h11-12H,8-10H2,1-7H3. The zero-order chi connectivity index (χ0) is 21.0. The minimum Gasteiger partial charge on any atom is -0.456 e. The molecule has 0 saturated carbocycles. The van der Waals surface area contributed by atoms with Crippen molar-refractivity contribution in [1.82, 2.24) is 24.5 Å². The maximum absolute atomic E-state index is 12.3. The molecule has 2 heterocycles. The van der Waals surface area contributed by atoms with E-state index < -0.39 is 5.97 Å². The Kier molecular flexibility index (Phi) is 7.40. The number of thioether (sulfide) groups is 1. The quantitative estimate of drug-likeness (QED) is 0.491. The lowest BCUT2D eigenvalue weighted by atomic mass is 10.1. The highest BCUT2D eigenvalue weighted by Crippen LogP contribution is 2.18. The highest BCUT2D eigenvalue weighted by molar-refractivity contribution is 7.98. The number of nitrogens with zero attached hydrogens (tertiary/aromatic N) is 5. The van der Waals surface area contributed by atoms with Gasteiger partial charge in [-0.25, -0.2) is 9.50 Å². The van der Waals surface area contributed by atoms with E-state index in [1.165, 1.54) is 11.8 Å². The van der Waals surface area contributed by atoms with Gasteiger partial charge in [-0.3, -0.25) is 9.59 Å². The molecule has 0 radical (unpaired) electrons. The predicted octanol–water partition coefficient (Wildman–Crippen LogP) is 2.58. The van der Waals surface area contributed by atoms with Gasteiger partial charge in [0.25, 0.3) is 11.7 Å². The lowest BCUT2D eigenvalue weighted by Crippen LogP contribution is -2.44. The highest BCUT2D eigenvalue weighted by Gasteiger charge is 2.21. The molecule has 2 rings (SSSR count). The van der Waals surface area contributed by atoms with E-state index in [1.807, 2.05) is 47.8 Å². The molecule has 0 N–H and O–H groups in total. The van der Waals surface area contributed by atoms with E-state index >= 15 is 0 Å². The molecule has 1 amide bonds. The third-order valence-corrected chi connectivity index (χ3v) is 5.09. The van der Waals surface area contributed by atoms with Crippen molar-refractivity contribution >= 4 is 29.4 Å². The number of aryl methyl sites for hydroxylation is 2. The second-order valence-electron chi connectivity index (χ2n) is 7.22. The molecule has 0 unspecified atom stereocenters. The molecule has 2 aromatic heterocycles. The van der Waals surface area contributed by atoms with Crippen LogP contribution in [0.15, 0.2) is 5.16 Å². The Morgan fingerprint density at radius 3 is 2.36 bits per heavy atom. The van der Waals surface area contributed by atoms with Crippen molar-refractivity contribution < 1.29 is 14.3 Å². The fraction of sp³-hybridized carbons (Fsp3) is 0.632. The predicted molar refractivity (Wildman–Crippen MR) is 108 cm³/mol. The van der Waals surface area contributed by atoms with Crippen LogP contribution in [0.2, 0.25) is 0 Å². The molecule has 0 aliphatic carbocycles. The van der Waals surface area contributed by atoms with E-state index in [9.17, 15) is 9.59 Å². The molecule has 28 heavy (non-hydrogen) atoms. The molecule has 0 atom stereocenters. The first-order valence-electron chi connectivity index (χ1n) is 9.39. The molecule has 2 aromatic rings. The molecule has 0 spiro atoms. The Morgan fingerprint density at radius 2 is 1.79 bits per heavy atom. The number of rotatable bonds is 8. The summed E-state index contributed by atoms with van der Waals surface area (Å²) in [6, 6.07) is 0.117.